The average Bonchev–Trinajstić information content (AvgIpc) is 2.34. The van der Waals surface area contributed by atoms with Gasteiger partial charge in [0.05, 0.1) is 5.69 Å². The first-order valence-corrected chi connectivity index (χ1v) is 5.37. The van der Waals surface area contributed by atoms with Gasteiger partial charge < -0.3 is 4.98 Å². The molecule has 0 fully saturated rings. The first-order chi connectivity index (χ1) is 7.36. The van der Waals surface area contributed by atoms with Gasteiger partial charge in [0.25, 0.3) is 0 Å². The molecule has 0 aromatic carbocycles. The van der Waals surface area contributed by atoms with Crippen LogP contribution in [0.1, 0.15) is 13.8 Å². The minimum absolute atomic E-state index is 0.736. The maximum absolute atomic E-state index is 4.95. The maximum atomic E-state index is 4.95. The zero-order chi connectivity index (χ0) is 11.1. The van der Waals surface area contributed by atoms with Gasteiger partial charge in [0.1, 0.15) is 4.64 Å². The van der Waals surface area contributed by atoms with Crippen LogP contribution in [0.15, 0.2) is 42.7 Å². The molecule has 3 heteroatoms. The van der Waals surface area contributed by atoms with E-state index in [4.69, 9.17) is 12.2 Å². The van der Waals surface area contributed by atoms with E-state index in [-0.39, 0.29) is 0 Å². The molecular weight excluding hydrogens is 204 g/mol. The van der Waals surface area contributed by atoms with Crippen LogP contribution in [0.25, 0.3) is 11.3 Å². The molecule has 0 aliphatic rings. The summed E-state index contributed by atoms with van der Waals surface area (Å²) in [6, 6.07) is 9.64. The Morgan fingerprint density at radius 2 is 1.93 bits per heavy atom. The van der Waals surface area contributed by atoms with Crippen LogP contribution in [0.4, 0.5) is 0 Å². The van der Waals surface area contributed by atoms with Crippen molar-refractivity contribution in [2.24, 2.45) is 0 Å². The number of rotatable bonds is 1. The molecule has 0 aliphatic heterocycles. The van der Waals surface area contributed by atoms with Gasteiger partial charge in [-0.1, -0.05) is 32.1 Å². The van der Waals surface area contributed by atoms with Gasteiger partial charge in [0, 0.05) is 18.0 Å². The zero-order valence-corrected chi connectivity index (χ0v) is 9.71. The SMILES string of the molecule is CC.S=c1ccc(-c2ccccn2)c[nH]1. The highest BCUT2D eigenvalue weighted by atomic mass is 32.1. The number of nitrogens with zero attached hydrogens (tertiary/aromatic N) is 1. The van der Waals surface area contributed by atoms with Crippen molar-refractivity contribution in [3.8, 4) is 11.3 Å². The molecule has 0 aliphatic carbocycles. The molecule has 0 atom stereocenters. The van der Waals surface area contributed by atoms with Crippen LogP contribution in [-0.4, -0.2) is 9.97 Å². The standard InChI is InChI=1S/C10H8N2S.C2H6/c13-10-5-4-8(7-12-10)9-3-1-2-6-11-9;1-2/h1-7H,(H,12,13);1-2H3. The summed E-state index contributed by atoms with van der Waals surface area (Å²) in [6.07, 6.45) is 3.64. The summed E-state index contributed by atoms with van der Waals surface area (Å²) >= 11 is 4.95. The maximum Gasteiger partial charge on any atom is 0.103 e. The molecule has 1 N–H and O–H groups in total. The van der Waals surface area contributed by atoms with Crippen molar-refractivity contribution >= 4 is 12.2 Å². The molecular formula is C12H14N2S. The molecule has 0 radical (unpaired) electrons. The second-order valence-corrected chi connectivity index (χ2v) is 3.10. The van der Waals surface area contributed by atoms with E-state index in [1.54, 1.807) is 6.20 Å². The van der Waals surface area contributed by atoms with E-state index in [0.29, 0.717) is 0 Å². The molecule has 0 unspecified atom stereocenters. The van der Waals surface area contributed by atoms with Gasteiger partial charge in [-0.25, -0.2) is 0 Å². The predicted octanol–water partition coefficient (Wildman–Crippen LogP) is 3.83. The third-order valence-electron chi connectivity index (χ3n) is 1.74. The Bertz CT molecular complexity index is 428. The van der Waals surface area contributed by atoms with Gasteiger partial charge in [0.2, 0.25) is 0 Å². The van der Waals surface area contributed by atoms with E-state index in [2.05, 4.69) is 9.97 Å². The fourth-order valence-electron chi connectivity index (χ4n) is 1.10. The van der Waals surface area contributed by atoms with Crippen LogP contribution in [-0.2, 0) is 0 Å². The molecule has 2 heterocycles. The van der Waals surface area contributed by atoms with Crippen LogP contribution in [0.2, 0.25) is 0 Å². The fraction of sp³-hybridized carbons (Fsp3) is 0.167. The molecule has 2 nitrogen and oxygen atoms in total. The van der Waals surface area contributed by atoms with E-state index in [0.717, 1.165) is 15.9 Å². The van der Waals surface area contributed by atoms with E-state index < -0.39 is 0 Å². The lowest BCUT2D eigenvalue weighted by atomic mass is 10.2. The van der Waals surface area contributed by atoms with Crippen LogP contribution in [0.3, 0.4) is 0 Å². The summed E-state index contributed by atoms with van der Waals surface area (Å²) in [4.78, 5) is 7.20. The van der Waals surface area contributed by atoms with Crippen molar-refractivity contribution in [2.45, 2.75) is 13.8 Å². The second-order valence-electron chi connectivity index (χ2n) is 2.66. The van der Waals surface area contributed by atoms with Gasteiger partial charge in [0.15, 0.2) is 0 Å². The summed E-state index contributed by atoms with van der Waals surface area (Å²) in [7, 11) is 0. The highest BCUT2D eigenvalue weighted by Crippen LogP contribution is 2.13. The van der Waals surface area contributed by atoms with Gasteiger partial charge in [-0.15, -0.1) is 0 Å². The van der Waals surface area contributed by atoms with Crippen LogP contribution in [0, 0.1) is 4.64 Å². The zero-order valence-electron chi connectivity index (χ0n) is 8.90. The number of aromatic nitrogens is 2. The minimum Gasteiger partial charge on any atom is -0.352 e. The molecule has 0 amide bonds. The van der Waals surface area contributed by atoms with E-state index in [1.165, 1.54) is 0 Å². The summed E-state index contributed by atoms with van der Waals surface area (Å²) < 4.78 is 0.736. The molecule has 2 aromatic heterocycles. The van der Waals surface area contributed by atoms with E-state index >= 15 is 0 Å². The Morgan fingerprint density at radius 3 is 2.47 bits per heavy atom. The van der Waals surface area contributed by atoms with Gasteiger partial charge >= 0.3 is 0 Å². The molecule has 2 aromatic rings. The summed E-state index contributed by atoms with van der Waals surface area (Å²) in [5.74, 6) is 0. The molecule has 0 saturated heterocycles. The monoisotopic (exact) mass is 218 g/mol. The van der Waals surface area contributed by atoms with Gasteiger partial charge in [-0.05, 0) is 24.3 Å². The minimum atomic E-state index is 0.736. The Hall–Kier alpha value is -1.48. The number of aromatic amines is 1. The van der Waals surface area contributed by atoms with Crippen LogP contribution in [0.5, 0.6) is 0 Å². The Morgan fingerprint density at radius 1 is 1.13 bits per heavy atom. The van der Waals surface area contributed by atoms with Crippen molar-refractivity contribution < 1.29 is 0 Å². The summed E-state index contributed by atoms with van der Waals surface area (Å²) in [5, 5.41) is 0. The second kappa shape index (κ2) is 6.09. The van der Waals surface area contributed by atoms with Gasteiger partial charge in [-0.3, -0.25) is 4.98 Å². The smallest absolute Gasteiger partial charge is 0.103 e. The lowest BCUT2D eigenvalue weighted by Gasteiger charge is -1.98. The number of H-pyrrole nitrogens is 1. The molecule has 15 heavy (non-hydrogen) atoms. The topological polar surface area (TPSA) is 28.7 Å². The summed E-state index contributed by atoms with van der Waals surface area (Å²) in [6.45, 7) is 4.00. The quantitative estimate of drug-likeness (QED) is 0.737. The summed E-state index contributed by atoms with van der Waals surface area (Å²) in [5.41, 5.74) is 2.00. The molecule has 0 saturated carbocycles. The van der Waals surface area contributed by atoms with E-state index in [9.17, 15) is 0 Å². The Balaban J connectivity index is 0.000000531. The Kier molecular flexibility index (Phi) is 4.71. The average molecular weight is 218 g/mol. The van der Waals surface area contributed by atoms with E-state index in [1.807, 2.05) is 50.4 Å². The fourth-order valence-corrected chi connectivity index (χ4v) is 1.23. The normalized spacial score (nSPS) is 8.93. The first-order valence-electron chi connectivity index (χ1n) is 4.96. The lowest BCUT2D eigenvalue weighted by molar-refractivity contribution is 1.26. The number of hydrogen-bond donors (Lipinski definition) is 1. The molecule has 2 rings (SSSR count). The molecule has 0 bridgehead atoms. The van der Waals surface area contributed by atoms with Crippen molar-refractivity contribution in [1.82, 2.24) is 9.97 Å². The largest absolute Gasteiger partial charge is 0.352 e. The third kappa shape index (κ3) is 3.29. The third-order valence-corrected chi connectivity index (χ3v) is 2.00. The highest BCUT2D eigenvalue weighted by molar-refractivity contribution is 7.71. The van der Waals surface area contributed by atoms with Crippen molar-refractivity contribution in [2.75, 3.05) is 0 Å². The molecule has 0 spiro atoms. The lowest BCUT2D eigenvalue weighted by Crippen LogP contribution is -1.82. The first kappa shape index (κ1) is 11.6. The number of hydrogen-bond acceptors (Lipinski definition) is 2. The number of nitrogens with one attached hydrogen (secondary N) is 1. The van der Waals surface area contributed by atoms with Crippen LogP contribution < -0.4 is 0 Å². The van der Waals surface area contributed by atoms with Gasteiger partial charge in [-0.2, -0.15) is 0 Å². The Labute approximate surface area is 95.0 Å². The highest BCUT2D eigenvalue weighted by Gasteiger charge is 1.94. The van der Waals surface area contributed by atoms with Crippen LogP contribution >= 0.6 is 12.2 Å². The van der Waals surface area contributed by atoms with Crippen molar-refractivity contribution in [1.29, 1.82) is 0 Å². The number of pyridine rings is 2. The predicted molar refractivity (Wildman–Crippen MR) is 66.2 cm³/mol. The molecule has 78 valence electrons. The van der Waals surface area contributed by atoms with Crippen molar-refractivity contribution in [3.05, 3.63) is 47.4 Å². The van der Waals surface area contributed by atoms with Crippen molar-refractivity contribution in [3.63, 3.8) is 0 Å².